The first-order valence-electron chi connectivity index (χ1n) is 8.69. The minimum atomic E-state index is -0.307. The normalized spacial score (nSPS) is 14.4. The molecule has 0 aliphatic carbocycles. The number of carbonyl (C=O) groups excluding carboxylic acids is 2. The summed E-state index contributed by atoms with van der Waals surface area (Å²) in [5, 5.41) is 13.2. The van der Waals surface area contributed by atoms with Crippen LogP contribution in [0, 0.1) is 0 Å². The Bertz CT molecular complexity index is 992. The predicted molar refractivity (Wildman–Crippen MR) is 101 cm³/mol. The van der Waals surface area contributed by atoms with Gasteiger partial charge in [0.1, 0.15) is 11.2 Å². The van der Waals surface area contributed by atoms with E-state index in [1.807, 2.05) is 29.2 Å². The molecule has 4 rings (SSSR count). The zero-order valence-electron chi connectivity index (χ0n) is 14.8. The highest BCUT2D eigenvalue weighted by molar-refractivity contribution is 6.03. The number of benzene rings is 1. The number of nitrogens with zero attached hydrogens (tertiary/aromatic N) is 5. The van der Waals surface area contributed by atoms with Crippen LogP contribution in [0.2, 0.25) is 0 Å². The summed E-state index contributed by atoms with van der Waals surface area (Å²) in [4.78, 5) is 32.2. The molecule has 2 N–H and O–H groups in total. The Morgan fingerprint density at radius 3 is 2.67 bits per heavy atom. The molecular weight excluding hydrogens is 346 g/mol. The van der Waals surface area contributed by atoms with E-state index in [4.69, 9.17) is 0 Å². The van der Waals surface area contributed by atoms with Gasteiger partial charge in [0.25, 0.3) is 5.91 Å². The molecule has 9 nitrogen and oxygen atoms in total. The summed E-state index contributed by atoms with van der Waals surface area (Å²) < 4.78 is 0. The summed E-state index contributed by atoms with van der Waals surface area (Å²) in [5.74, 6) is -0.203. The monoisotopic (exact) mass is 365 g/mol. The molecule has 27 heavy (non-hydrogen) atoms. The van der Waals surface area contributed by atoms with E-state index in [0.717, 1.165) is 18.8 Å². The van der Waals surface area contributed by atoms with Gasteiger partial charge in [-0.05, 0) is 30.3 Å². The minimum Gasteiger partial charge on any atom is -0.368 e. The van der Waals surface area contributed by atoms with Crippen LogP contribution in [0.3, 0.4) is 0 Å². The lowest BCUT2D eigenvalue weighted by Crippen LogP contribution is -2.48. The number of piperazine rings is 1. The second-order valence-corrected chi connectivity index (χ2v) is 6.36. The van der Waals surface area contributed by atoms with E-state index in [-0.39, 0.29) is 17.5 Å². The summed E-state index contributed by atoms with van der Waals surface area (Å²) >= 11 is 0. The number of pyridine rings is 1. The Balaban J connectivity index is 1.46. The van der Waals surface area contributed by atoms with Gasteiger partial charge in [0, 0.05) is 44.5 Å². The van der Waals surface area contributed by atoms with Gasteiger partial charge in [0.15, 0.2) is 0 Å². The summed E-state index contributed by atoms with van der Waals surface area (Å²) in [7, 11) is 0. The van der Waals surface area contributed by atoms with Crippen LogP contribution < -0.4 is 10.2 Å². The standard InChI is InChI=1S/C18H19N7O2/c1-12(26)24-7-9-25(10-8-24)14-4-2-3-13(11-14)19-18(27)16-6-5-15-17(20-16)22-23-21-15/h2-6,11H,7-10H2,1H3,(H,19,27)(H,20,21,22,23). The third-order valence-corrected chi connectivity index (χ3v) is 4.61. The van der Waals surface area contributed by atoms with Gasteiger partial charge in [-0.25, -0.2) is 4.98 Å². The van der Waals surface area contributed by atoms with E-state index in [1.165, 1.54) is 0 Å². The average molecular weight is 365 g/mol. The Kier molecular flexibility index (Phi) is 4.41. The van der Waals surface area contributed by atoms with Crippen LogP contribution >= 0.6 is 0 Å². The highest BCUT2D eigenvalue weighted by Crippen LogP contribution is 2.21. The van der Waals surface area contributed by atoms with Gasteiger partial charge in [0.05, 0.1) is 0 Å². The molecule has 2 aromatic heterocycles. The molecular formula is C18H19N7O2. The Morgan fingerprint density at radius 1 is 1.07 bits per heavy atom. The maximum absolute atomic E-state index is 12.5. The van der Waals surface area contributed by atoms with Gasteiger partial charge in [-0.1, -0.05) is 6.07 Å². The number of H-pyrrole nitrogens is 1. The SMILES string of the molecule is CC(=O)N1CCN(c2cccc(NC(=O)c3ccc4n[nH]nc4n3)c2)CC1. The van der Waals surface area contributed by atoms with Crippen LogP contribution in [-0.2, 0) is 4.79 Å². The summed E-state index contributed by atoms with van der Waals surface area (Å²) in [6.45, 7) is 4.53. The fraction of sp³-hybridized carbons (Fsp3) is 0.278. The second-order valence-electron chi connectivity index (χ2n) is 6.36. The smallest absolute Gasteiger partial charge is 0.274 e. The number of anilines is 2. The van der Waals surface area contributed by atoms with Gasteiger partial charge in [-0.3, -0.25) is 9.59 Å². The van der Waals surface area contributed by atoms with Crippen LogP contribution in [0.5, 0.6) is 0 Å². The maximum Gasteiger partial charge on any atom is 0.274 e. The highest BCUT2D eigenvalue weighted by Gasteiger charge is 2.19. The fourth-order valence-corrected chi connectivity index (χ4v) is 3.12. The van der Waals surface area contributed by atoms with Crippen molar-refractivity contribution in [2.75, 3.05) is 36.4 Å². The number of amides is 2. The van der Waals surface area contributed by atoms with Crippen molar-refractivity contribution in [3.63, 3.8) is 0 Å². The van der Waals surface area contributed by atoms with Crippen LogP contribution in [-0.4, -0.2) is 63.3 Å². The quantitative estimate of drug-likeness (QED) is 0.724. The van der Waals surface area contributed by atoms with Crippen LogP contribution in [0.15, 0.2) is 36.4 Å². The number of hydrogen-bond acceptors (Lipinski definition) is 6. The van der Waals surface area contributed by atoms with Crippen molar-refractivity contribution in [3.8, 4) is 0 Å². The van der Waals surface area contributed by atoms with Crippen molar-refractivity contribution >= 4 is 34.4 Å². The lowest BCUT2D eigenvalue weighted by molar-refractivity contribution is -0.129. The maximum atomic E-state index is 12.5. The van der Waals surface area contributed by atoms with Crippen molar-refractivity contribution in [2.24, 2.45) is 0 Å². The molecule has 1 saturated heterocycles. The number of fused-ring (bicyclic) bond motifs is 1. The topological polar surface area (TPSA) is 107 Å². The second kappa shape index (κ2) is 7.02. The molecule has 0 atom stereocenters. The van der Waals surface area contributed by atoms with E-state index >= 15 is 0 Å². The lowest BCUT2D eigenvalue weighted by Gasteiger charge is -2.35. The minimum absolute atomic E-state index is 0.104. The predicted octanol–water partition coefficient (Wildman–Crippen LogP) is 1.27. The molecule has 9 heteroatoms. The van der Waals surface area contributed by atoms with E-state index < -0.39 is 0 Å². The number of rotatable bonds is 3. The fourth-order valence-electron chi connectivity index (χ4n) is 3.12. The Labute approximate surface area is 155 Å². The number of aromatic nitrogens is 4. The van der Waals surface area contributed by atoms with Crippen molar-refractivity contribution in [3.05, 3.63) is 42.1 Å². The Morgan fingerprint density at radius 2 is 1.89 bits per heavy atom. The van der Waals surface area contributed by atoms with E-state index in [1.54, 1.807) is 19.1 Å². The van der Waals surface area contributed by atoms with E-state index in [0.29, 0.717) is 29.9 Å². The molecule has 1 aromatic carbocycles. The van der Waals surface area contributed by atoms with E-state index in [9.17, 15) is 9.59 Å². The molecule has 0 bridgehead atoms. The lowest BCUT2D eigenvalue weighted by atomic mass is 10.2. The molecule has 0 unspecified atom stereocenters. The number of carbonyl (C=O) groups is 2. The van der Waals surface area contributed by atoms with Crippen molar-refractivity contribution in [1.82, 2.24) is 25.3 Å². The number of nitrogens with one attached hydrogen (secondary N) is 2. The molecule has 2 amide bonds. The largest absolute Gasteiger partial charge is 0.368 e. The van der Waals surface area contributed by atoms with Gasteiger partial charge >= 0.3 is 0 Å². The van der Waals surface area contributed by atoms with Crippen LogP contribution in [0.25, 0.3) is 11.2 Å². The average Bonchev–Trinajstić information content (AvgIpc) is 3.16. The van der Waals surface area contributed by atoms with Gasteiger partial charge in [0.2, 0.25) is 11.6 Å². The van der Waals surface area contributed by atoms with Crippen molar-refractivity contribution in [2.45, 2.75) is 6.92 Å². The molecule has 3 aromatic rings. The molecule has 0 saturated carbocycles. The molecule has 1 fully saturated rings. The first-order valence-corrected chi connectivity index (χ1v) is 8.69. The number of aromatic amines is 1. The van der Waals surface area contributed by atoms with E-state index in [2.05, 4.69) is 30.6 Å². The van der Waals surface area contributed by atoms with Crippen molar-refractivity contribution in [1.29, 1.82) is 0 Å². The zero-order valence-corrected chi connectivity index (χ0v) is 14.8. The third kappa shape index (κ3) is 3.57. The van der Waals surface area contributed by atoms with Gasteiger partial charge in [-0.15, -0.1) is 5.10 Å². The molecule has 0 spiro atoms. The molecule has 0 radical (unpaired) electrons. The summed E-state index contributed by atoms with van der Waals surface area (Å²) in [6, 6.07) is 11.0. The van der Waals surface area contributed by atoms with Gasteiger partial charge in [-0.2, -0.15) is 10.3 Å². The van der Waals surface area contributed by atoms with Gasteiger partial charge < -0.3 is 15.1 Å². The first kappa shape index (κ1) is 17.0. The highest BCUT2D eigenvalue weighted by atomic mass is 16.2. The Hall–Kier alpha value is -3.49. The van der Waals surface area contributed by atoms with Crippen molar-refractivity contribution < 1.29 is 9.59 Å². The van der Waals surface area contributed by atoms with Crippen LogP contribution in [0.1, 0.15) is 17.4 Å². The third-order valence-electron chi connectivity index (χ3n) is 4.61. The van der Waals surface area contributed by atoms with Crippen LogP contribution in [0.4, 0.5) is 11.4 Å². The first-order chi connectivity index (χ1) is 13.1. The molecule has 138 valence electrons. The summed E-state index contributed by atoms with van der Waals surface area (Å²) in [5.41, 5.74) is 2.99. The molecule has 3 heterocycles. The molecule has 1 aliphatic rings. The summed E-state index contributed by atoms with van der Waals surface area (Å²) in [6.07, 6.45) is 0. The number of hydrogen-bond donors (Lipinski definition) is 2. The zero-order chi connectivity index (χ0) is 18.8. The molecule has 1 aliphatic heterocycles.